The Hall–Kier alpha value is -1.92. The lowest BCUT2D eigenvalue weighted by atomic mass is 9.91. The number of nitrogens with zero attached hydrogens (tertiary/aromatic N) is 1. The van der Waals surface area contributed by atoms with E-state index in [-0.39, 0.29) is 19.1 Å². The molecule has 1 aliphatic rings. The molecule has 4 N–H and O–H groups in total. The van der Waals surface area contributed by atoms with Gasteiger partial charge in [-0.3, -0.25) is 14.5 Å². The molecule has 0 heterocycles. The van der Waals surface area contributed by atoms with Crippen LogP contribution in [0.1, 0.15) is 29.6 Å². The van der Waals surface area contributed by atoms with Crippen molar-refractivity contribution in [3.63, 3.8) is 0 Å². The van der Waals surface area contributed by atoms with Crippen LogP contribution in [0.5, 0.6) is 0 Å². The zero-order chi connectivity index (χ0) is 15.2. The van der Waals surface area contributed by atoms with E-state index in [2.05, 4.69) is 5.32 Å². The molecule has 1 aromatic carbocycles. The smallest absolute Gasteiger partial charge is 0.248 e. The fourth-order valence-corrected chi connectivity index (χ4v) is 2.37. The van der Waals surface area contributed by atoms with Gasteiger partial charge in [0.15, 0.2) is 0 Å². The highest BCUT2D eigenvalue weighted by Crippen LogP contribution is 2.24. The molecule has 0 aliphatic heterocycles. The first kappa shape index (κ1) is 15.5. The first-order chi connectivity index (χ1) is 10.1. The molecule has 1 fully saturated rings. The van der Waals surface area contributed by atoms with E-state index in [1.54, 1.807) is 24.3 Å². The number of benzene rings is 1. The first-order valence-electron chi connectivity index (χ1n) is 7.15. The quantitative estimate of drug-likeness (QED) is 0.684. The maximum absolute atomic E-state index is 12.0. The van der Waals surface area contributed by atoms with E-state index >= 15 is 0 Å². The Labute approximate surface area is 123 Å². The van der Waals surface area contributed by atoms with Crippen LogP contribution >= 0.6 is 0 Å². The van der Waals surface area contributed by atoms with Gasteiger partial charge in [0.1, 0.15) is 0 Å². The van der Waals surface area contributed by atoms with E-state index < -0.39 is 5.91 Å². The SMILES string of the molecule is NC(=O)c1ccc(NC(=O)CN(CCO)C2CCC2)cc1. The van der Waals surface area contributed by atoms with Crippen LogP contribution in [0.2, 0.25) is 0 Å². The van der Waals surface area contributed by atoms with Crippen LogP contribution in [0, 0.1) is 0 Å². The standard InChI is InChI=1S/C15H21N3O3/c16-15(21)11-4-6-12(7-5-11)17-14(20)10-18(8-9-19)13-2-1-3-13/h4-7,13,19H,1-3,8-10H2,(H2,16,21)(H,17,20). The summed E-state index contributed by atoms with van der Waals surface area (Å²) in [6, 6.07) is 6.86. The van der Waals surface area contributed by atoms with E-state index in [0.717, 1.165) is 12.8 Å². The average Bonchev–Trinajstić information content (AvgIpc) is 2.37. The Kier molecular flexibility index (Phi) is 5.30. The third kappa shape index (κ3) is 4.27. The summed E-state index contributed by atoms with van der Waals surface area (Å²) in [4.78, 5) is 25.0. The fraction of sp³-hybridized carbons (Fsp3) is 0.467. The van der Waals surface area contributed by atoms with Crippen LogP contribution in [0.15, 0.2) is 24.3 Å². The molecule has 2 rings (SSSR count). The van der Waals surface area contributed by atoms with E-state index in [9.17, 15) is 9.59 Å². The monoisotopic (exact) mass is 291 g/mol. The molecule has 0 spiro atoms. The molecule has 0 bridgehead atoms. The lowest BCUT2D eigenvalue weighted by Crippen LogP contribution is -2.45. The number of carbonyl (C=O) groups excluding carboxylic acids is 2. The molecular weight excluding hydrogens is 270 g/mol. The Balaban J connectivity index is 1.89. The summed E-state index contributed by atoms with van der Waals surface area (Å²) < 4.78 is 0. The molecular formula is C15H21N3O3. The maximum atomic E-state index is 12.0. The number of aliphatic hydroxyl groups excluding tert-OH is 1. The van der Waals surface area contributed by atoms with Gasteiger partial charge in [0.05, 0.1) is 13.2 Å². The second-order valence-electron chi connectivity index (χ2n) is 5.27. The fourth-order valence-electron chi connectivity index (χ4n) is 2.37. The van der Waals surface area contributed by atoms with Crippen molar-refractivity contribution >= 4 is 17.5 Å². The van der Waals surface area contributed by atoms with Gasteiger partial charge in [-0.2, -0.15) is 0 Å². The van der Waals surface area contributed by atoms with E-state index in [4.69, 9.17) is 10.8 Å². The number of carbonyl (C=O) groups is 2. The number of primary amides is 1. The highest BCUT2D eigenvalue weighted by Gasteiger charge is 2.25. The average molecular weight is 291 g/mol. The maximum Gasteiger partial charge on any atom is 0.248 e. The van der Waals surface area contributed by atoms with Gasteiger partial charge < -0.3 is 16.2 Å². The number of amides is 2. The molecule has 1 aromatic rings. The van der Waals surface area contributed by atoms with Crippen molar-refractivity contribution < 1.29 is 14.7 Å². The first-order valence-corrected chi connectivity index (χ1v) is 7.15. The molecule has 0 unspecified atom stereocenters. The van der Waals surface area contributed by atoms with Gasteiger partial charge in [0.2, 0.25) is 11.8 Å². The van der Waals surface area contributed by atoms with Gasteiger partial charge >= 0.3 is 0 Å². The predicted octanol–water partition coefficient (Wildman–Crippen LogP) is 0.571. The van der Waals surface area contributed by atoms with Gasteiger partial charge in [0.25, 0.3) is 0 Å². The Morgan fingerprint density at radius 1 is 1.29 bits per heavy atom. The van der Waals surface area contributed by atoms with Gasteiger partial charge in [-0.15, -0.1) is 0 Å². The highest BCUT2D eigenvalue weighted by molar-refractivity contribution is 5.95. The second-order valence-corrected chi connectivity index (χ2v) is 5.27. The van der Waals surface area contributed by atoms with Gasteiger partial charge in [-0.1, -0.05) is 6.42 Å². The molecule has 0 radical (unpaired) electrons. The zero-order valence-corrected chi connectivity index (χ0v) is 11.9. The molecule has 1 aliphatic carbocycles. The van der Waals surface area contributed by atoms with E-state index in [1.807, 2.05) is 4.90 Å². The van der Waals surface area contributed by atoms with Crippen LogP contribution in [0.3, 0.4) is 0 Å². The van der Waals surface area contributed by atoms with Crippen molar-refractivity contribution in [3.05, 3.63) is 29.8 Å². The molecule has 114 valence electrons. The number of hydrogen-bond donors (Lipinski definition) is 3. The Morgan fingerprint density at radius 3 is 2.43 bits per heavy atom. The summed E-state index contributed by atoms with van der Waals surface area (Å²) >= 11 is 0. The number of rotatable bonds is 7. The summed E-state index contributed by atoms with van der Waals surface area (Å²) in [7, 11) is 0. The Morgan fingerprint density at radius 2 is 1.95 bits per heavy atom. The lowest BCUT2D eigenvalue weighted by Gasteiger charge is -2.36. The predicted molar refractivity (Wildman–Crippen MR) is 79.9 cm³/mol. The van der Waals surface area contributed by atoms with E-state index in [1.165, 1.54) is 6.42 Å². The van der Waals surface area contributed by atoms with Crippen LogP contribution in [0.25, 0.3) is 0 Å². The molecule has 6 heteroatoms. The van der Waals surface area contributed by atoms with Crippen molar-refractivity contribution in [1.29, 1.82) is 0 Å². The minimum absolute atomic E-state index is 0.0527. The van der Waals surface area contributed by atoms with Crippen molar-refractivity contribution in [3.8, 4) is 0 Å². The minimum atomic E-state index is -0.494. The third-order valence-corrected chi connectivity index (χ3v) is 3.78. The number of nitrogens with two attached hydrogens (primary N) is 1. The largest absolute Gasteiger partial charge is 0.395 e. The van der Waals surface area contributed by atoms with Crippen molar-refractivity contribution in [2.45, 2.75) is 25.3 Å². The van der Waals surface area contributed by atoms with Gasteiger partial charge in [0, 0.05) is 23.8 Å². The van der Waals surface area contributed by atoms with Crippen molar-refractivity contribution in [2.75, 3.05) is 25.0 Å². The zero-order valence-electron chi connectivity index (χ0n) is 11.9. The second kappa shape index (κ2) is 7.19. The number of nitrogens with one attached hydrogen (secondary N) is 1. The van der Waals surface area contributed by atoms with Crippen LogP contribution in [0.4, 0.5) is 5.69 Å². The number of aliphatic hydroxyl groups is 1. The van der Waals surface area contributed by atoms with Gasteiger partial charge in [-0.05, 0) is 37.1 Å². The summed E-state index contributed by atoms with van der Waals surface area (Å²) in [5.74, 6) is -0.617. The normalized spacial score (nSPS) is 14.8. The third-order valence-electron chi connectivity index (χ3n) is 3.78. The van der Waals surface area contributed by atoms with Crippen LogP contribution < -0.4 is 11.1 Å². The Bertz CT molecular complexity index is 497. The molecule has 0 saturated heterocycles. The van der Waals surface area contributed by atoms with Gasteiger partial charge in [-0.25, -0.2) is 0 Å². The van der Waals surface area contributed by atoms with Crippen LogP contribution in [-0.2, 0) is 4.79 Å². The summed E-state index contributed by atoms with van der Waals surface area (Å²) in [5, 5.41) is 11.9. The molecule has 0 aromatic heterocycles. The number of anilines is 1. The number of hydrogen-bond acceptors (Lipinski definition) is 4. The minimum Gasteiger partial charge on any atom is -0.395 e. The molecule has 2 amide bonds. The van der Waals surface area contributed by atoms with E-state index in [0.29, 0.717) is 23.8 Å². The van der Waals surface area contributed by atoms with Crippen LogP contribution in [-0.4, -0.2) is 47.6 Å². The topological polar surface area (TPSA) is 95.7 Å². The summed E-state index contributed by atoms with van der Waals surface area (Å²) in [6.07, 6.45) is 3.35. The molecule has 1 saturated carbocycles. The van der Waals surface area contributed by atoms with Crippen molar-refractivity contribution in [1.82, 2.24) is 4.90 Å². The summed E-state index contributed by atoms with van der Waals surface area (Å²) in [6.45, 7) is 0.832. The summed E-state index contributed by atoms with van der Waals surface area (Å²) in [5.41, 5.74) is 6.20. The van der Waals surface area contributed by atoms with Crippen molar-refractivity contribution in [2.24, 2.45) is 5.73 Å². The lowest BCUT2D eigenvalue weighted by molar-refractivity contribution is -0.118. The highest BCUT2D eigenvalue weighted by atomic mass is 16.3. The molecule has 21 heavy (non-hydrogen) atoms. The molecule has 0 atom stereocenters. The molecule has 6 nitrogen and oxygen atoms in total.